The molecular weight excluding hydrogens is 260 g/mol. The van der Waals surface area contributed by atoms with Gasteiger partial charge in [-0.15, -0.1) is 0 Å². The number of carbonyl (C=O) groups is 1. The van der Waals surface area contributed by atoms with Crippen LogP contribution in [0.4, 0.5) is 0 Å². The number of rotatable bonds is 3. The lowest BCUT2D eigenvalue weighted by molar-refractivity contribution is -0.212. The van der Waals surface area contributed by atoms with E-state index >= 15 is 0 Å². The second-order valence-corrected chi connectivity index (χ2v) is 8.22. The summed E-state index contributed by atoms with van der Waals surface area (Å²) >= 11 is 0. The van der Waals surface area contributed by atoms with Crippen molar-refractivity contribution in [3.05, 3.63) is 0 Å². The molecule has 0 unspecified atom stereocenters. The van der Waals surface area contributed by atoms with Gasteiger partial charge in [-0.3, -0.25) is 14.6 Å². The number of hydrogen-bond donors (Lipinski definition) is 0. The van der Waals surface area contributed by atoms with Gasteiger partial charge in [0.05, 0.1) is 17.0 Å². The lowest BCUT2D eigenvalue weighted by Crippen LogP contribution is -2.80. The van der Waals surface area contributed by atoms with Crippen LogP contribution in [0.3, 0.4) is 0 Å². The van der Waals surface area contributed by atoms with Gasteiger partial charge in [-0.2, -0.15) is 0 Å². The van der Waals surface area contributed by atoms with Crippen molar-refractivity contribution in [2.45, 2.75) is 65.0 Å². The number of Topliss-reactive ketones (excluding diaryl/α,β-unsaturated/α-hetero) is 1. The van der Waals surface area contributed by atoms with Crippen LogP contribution < -0.4 is 0 Å². The minimum absolute atomic E-state index is 0.0440. The minimum Gasteiger partial charge on any atom is -0.298 e. The van der Waals surface area contributed by atoms with E-state index in [9.17, 15) is 4.79 Å². The van der Waals surface area contributed by atoms with Crippen molar-refractivity contribution in [1.29, 1.82) is 0 Å². The van der Waals surface area contributed by atoms with Crippen molar-refractivity contribution < 1.29 is 4.79 Å². The lowest BCUT2D eigenvalue weighted by atomic mass is 9.57. The summed E-state index contributed by atoms with van der Waals surface area (Å²) in [6.45, 7) is 8.63. The SMILES string of the molecule is CCC12CN3CC(CC)(CN(C1)C3C1CCCCC1)C2=O. The van der Waals surface area contributed by atoms with Crippen molar-refractivity contribution in [3.63, 3.8) is 0 Å². The molecule has 4 bridgehead atoms. The number of piperidine rings is 2. The Labute approximate surface area is 129 Å². The van der Waals surface area contributed by atoms with E-state index < -0.39 is 0 Å². The Morgan fingerprint density at radius 2 is 1.38 bits per heavy atom. The molecule has 0 radical (unpaired) electrons. The van der Waals surface area contributed by atoms with Gasteiger partial charge >= 0.3 is 0 Å². The average molecular weight is 290 g/mol. The van der Waals surface area contributed by atoms with Crippen LogP contribution >= 0.6 is 0 Å². The summed E-state index contributed by atoms with van der Waals surface area (Å²) in [7, 11) is 0. The third-order valence-electron chi connectivity index (χ3n) is 7.16. The van der Waals surface area contributed by atoms with Gasteiger partial charge in [0.15, 0.2) is 0 Å². The zero-order valence-electron chi connectivity index (χ0n) is 13.7. The average Bonchev–Trinajstić information content (AvgIpc) is 2.52. The van der Waals surface area contributed by atoms with E-state index in [4.69, 9.17) is 0 Å². The molecule has 5 fully saturated rings. The van der Waals surface area contributed by atoms with Crippen molar-refractivity contribution in [2.75, 3.05) is 26.2 Å². The first-order valence-corrected chi connectivity index (χ1v) is 9.17. The summed E-state index contributed by atoms with van der Waals surface area (Å²) in [6, 6.07) is 0. The molecule has 0 spiro atoms. The largest absolute Gasteiger partial charge is 0.298 e. The van der Waals surface area contributed by atoms with Gasteiger partial charge in [0.1, 0.15) is 5.78 Å². The molecule has 1 aliphatic carbocycles. The number of ketones is 1. The van der Waals surface area contributed by atoms with Gasteiger partial charge in [-0.05, 0) is 31.6 Å². The van der Waals surface area contributed by atoms with Crippen molar-refractivity contribution in [3.8, 4) is 0 Å². The maximum absolute atomic E-state index is 13.1. The van der Waals surface area contributed by atoms with Crippen LogP contribution in [0.2, 0.25) is 0 Å². The van der Waals surface area contributed by atoms with Crippen LogP contribution in [0.25, 0.3) is 0 Å². The highest BCUT2D eigenvalue weighted by atomic mass is 16.1. The molecule has 21 heavy (non-hydrogen) atoms. The highest BCUT2D eigenvalue weighted by Crippen LogP contribution is 2.53. The molecule has 1 saturated carbocycles. The predicted octanol–water partition coefficient (Wildman–Crippen LogP) is 2.90. The first kappa shape index (κ1) is 14.2. The van der Waals surface area contributed by atoms with E-state index in [1.54, 1.807) is 0 Å². The third kappa shape index (κ3) is 1.83. The van der Waals surface area contributed by atoms with E-state index in [2.05, 4.69) is 23.6 Å². The lowest BCUT2D eigenvalue weighted by Gasteiger charge is -2.67. The number of nitrogens with zero attached hydrogens (tertiary/aromatic N) is 2. The van der Waals surface area contributed by atoms with E-state index in [-0.39, 0.29) is 10.8 Å². The molecule has 3 heteroatoms. The van der Waals surface area contributed by atoms with Gasteiger partial charge in [-0.25, -0.2) is 0 Å². The predicted molar refractivity (Wildman–Crippen MR) is 84.0 cm³/mol. The summed E-state index contributed by atoms with van der Waals surface area (Å²) in [5.41, 5.74) is -0.0879. The van der Waals surface area contributed by atoms with Gasteiger partial charge in [0.2, 0.25) is 0 Å². The fourth-order valence-corrected chi connectivity index (χ4v) is 6.02. The van der Waals surface area contributed by atoms with Crippen molar-refractivity contribution >= 4 is 5.78 Å². The van der Waals surface area contributed by atoms with E-state index in [1.165, 1.54) is 32.1 Å². The summed E-state index contributed by atoms with van der Waals surface area (Å²) in [6.07, 6.45) is 9.78. The monoisotopic (exact) mass is 290 g/mol. The molecule has 0 aromatic heterocycles. The molecule has 0 aromatic rings. The van der Waals surface area contributed by atoms with Crippen LogP contribution in [0.5, 0.6) is 0 Å². The first-order valence-electron chi connectivity index (χ1n) is 9.17. The van der Waals surface area contributed by atoms with Gasteiger partial charge < -0.3 is 0 Å². The van der Waals surface area contributed by atoms with E-state index in [1.807, 2.05) is 0 Å². The second kappa shape index (κ2) is 4.79. The molecular formula is C18H30N2O. The second-order valence-electron chi connectivity index (χ2n) is 8.22. The van der Waals surface area contributed by atoms with Crippen molar-refractivity contribution in [2.24, 2.45) is 16.7 Å². The fraction of sp³-hybridized carbons (Fsp3) is 0.944. The maximum atomic E-state index is 13.1. The molecule has 0 atom stereocenters. The van der Waals surface area contributed by atoms with Gasteiger partial charge in [0, 0.05) is 26.2 Å². The molecule has 5 aliphatic rings. The molecule has 4 saturated heterocycles. The minimum atomic E-state index is -0.0440. The molecule has 0 N–H and O–H groups in total. The van der Waals surface area contributed by atoms with E-state index in [0.717, 1.165) is 44.9 Å². The van der Waals surface area contributed by atoms with Crippen LogP contribution in [0.1, 0.15) is 58.8 Å². The highest BCUT2D eigenvalue weighted by molar-refractivity contribution is 5.93. The molecule has 4 aliphatic heterocycles. The fourth-order valence-electron chi connectivity index (χ4n) is 6.02. The molecule has 118 valence electrons. The topological polar surface area (TPSA) is 23.6 Å². The van der Waals surface area contributed by atoms with Gasteiger partial charge in [-0.1, -0.05) is 33.1 Å². The zero-order chi connectivity index (χ0) is 14.7. The Balaban J connectivity index is 1.66. The Hall–Kier alpha value is -0.410. The van der Waals surface area contributed by atoms with Crippen LogP contribution in [0.15, 0.2) is 0 Å². The molecule has 0 amide bonds. The first-order chi connectivity index (χ1) is 10.1. The molecule has 5 rings (SSSR count). The third-order valence-corrected chi connectivity index (χ3v) is 7.16. The van der Waals surface area contributed by atoms with Gasteiger partial charge in [0.25, 0.3) is 0 Å². The summed E-state index contributed by atoms with van der Waals surface area (Å²) in [4.78, 5) is 18.5. The summed E-state index contributed by atoms with van der Waals surface area (Å²) in [5.74, 6) is 1.46. The summed E-state index contributed by atoms with van der Waals surface area (Å²) in [5, 5.41) is 0. The molecule has 4 heterocycles. The Kier molecular flexibility index (Phi) is 3.24. The quantitative estimate of drug-likeness (QED) is 0.798. The highest BCUT2D eigenvalue weighted by Gasteiger charge is 2.64. The standard InChI is InChI=1S/C18H30N2O/c1-3-17-10-19-12-18(4-2,16(17)21)13-20(11-17)15(19)14-8-6-5-7-9-14/h14-15H,3-13H2,1-2H3. The van der Waals surface area contributed by atoms with Crippen LogP contribution in [0, 0.1) is 16.7 Å². The normalized spacial score (nSPS) is 49.8. The van der Waals surface area contributed by atoms with Crippen LogP contribution in [-0.4, -0.2) is 47.9 Å². The summed E-state index contributed by atoms with van der Waals surface area (Å²) < 4.78 is 0. The molecule has 3 nitrogen and oxygen atoms in total. The van der Waals surface area contributed by atoms with E-state index in [0.29, 0.717) is 11.9 Å². The molecule has 0 aromatic carbocycles. The zero-order valence-corrected chi connectivity index (χ0v) is 13.7. The maximum Gasteiger partial charge on any atom is 0.150 e. The Morgan fingerprint density at radius 1 is 0.905 bits per heavy atom. The Morgan fingerprint density at radius 3 is 1.81 bits per heavy atom. The van der Waals surface area contributed by atoms with Crippen molar-refractivity contribution in [1.82, 2.24) is 9.80 Å². The Bertz CT molecular complexity index is 398. The van der Waals surface area contributed by atoms with Crippen LogP contribution in [-0.2, 0) is 4.79 Å². The smallest absolute Gasteiger partial charge is 0.150 e. The number of hydrogen-bond acceptors (Lipinski definition) is 3. The number of carbonyl (C=O) groups excluding carboxylic acids is 1.